The maximum atomic E-state index is 10.7. The van der Waals surface area contributed by atoms with E-state index >= 15 is 0 Å². The molecule has 0 aliphatic heterocycles. The number of pyridine rings is 1. The Balaban J connectivity index is 2.55. The quantitative estimate of drug-likeness (QED) is 0.632. The Morgan fingerprint density at radius 2 is 2.21 bits per heavy atom. The average Bonchev–Trinajstić information content (AvgIpc) is 2.36. The summed E-state index contributed by atoms with van der Waals surface area (Å²) in [6, 6.07) is 3.73. The van der Waals surface area contributed by atoms with Gasteiger partial charge in [-0.05, 0) is 19.1 Å². The van der Waals surface area contributed by atoms with Crippen molar-refractivity contribution < 1.29 is 14.3 Å². The molecular formula is C13H21N3O3. The number of aromatic nitrogens is 1. The van der Waals surface area contributed by atoms with Crippen LogP contribution in [0, 0.1) is 6.92 Å². The van der Waals surface area contributed by atoms with Crippen molar-refractivity contribution >= 4 is 5.91 Å². The maximum Gasteiger partial charge on any atom is 0.220 e. The summed E-state index contributed by atoms with van der Waals surface area (Å²) in [7, 11) is 1.66. The van der Waals surface area contributed by atoms with Crippen molar-refractivity contribution in [3.8, 4) is 5.75 Å². The van der Waals surface area contributed by atoms with Gasteiger partial charge in [-0.25, -0.2) is 0 Å². The van der Waals surface area contributed by atoms with E-state index in [4.69, 9.17) is 15.2 Å². The summed E-state index contributed by atoms with van der Waals surface area (Å²) in [6.45, 7) is 4.17. The molecule has 19 heavy (non-hydrogen) atoms. The van der Waals surface area contributed by atoms with Gasteiger partial charge in [0.15, 0.2) is 0 Å². The van der Waals surface area contributed by atoms with Crippen molar-refractivity contribution in [3.63, 3.8) is 0 Å². The third-order valence-corrected chi connectivity index (χ3v) is 2.45. The second-order valence-electron chi connectivity index (χ2n) is 4.13. The Hall–Kier alpha value is -1.66. The summed E-state index contributed by atoms with van der Waals surface area (Å²) in [4.78, 5) is 15.1. The van der Waals surface area contributed by atoms with Crippen LogP contribution in [0.15, 0.2) is 12.1 Å². The number of carbonyl (C=O) groups excluding carboxylic acids is 1. The molecule has 0 aromatic carbocycles. The van der Waals surface area contributed by atoms with E-state index in [1.807, 2.05) is 19.1 Å². The van der Waals surface area contributed by atoms with Gasteiger partial charge in [0.1, 0.15) is 5.75 Å². The van der Waals surface area contributed by atoms with Crippen molar-refractivity contribution in [1.82, 2.24) is 10.3 Å². The van der Waals surface area contributed by atoms with Crippen LogP contribution in [0.2, 0.25) is 0 Å². The molecule has 1 amide bonds. The van der Waals surface area contributed by atoms with Crippen molar-refractivity contribution in [2.24, 2.45) is 5.73 Å². The Morgan fingerprint density at radius 1 is 1.42 bits per heavy atom. The van der Waals surface area contributed by atoms with Gasteiger partial charge < -0.3 is 20.5 Å². The van der Waals surface area contributed by atoms with Crippen molar-refractivity contribution in [2.75, 3.05) is 26.9 Å². The van der Waals surface area contributed by atoms with Gasteiger partial charge in [0.25, 0.3) is 0 Å². The third kappa shape index (κ3) is 6.17. The number of aryl methyl sites for hydroxylation is 1. The van der Waals surface area contributed by atoms with Crippen molar-refractivity contribution in [1.29, 1.82) is 0 Å². The molecule has 0 aliphatic carbocycles. The normalized spacial score (nSPS) is 10.4. The minimum atomic E-state index is -0.375. The molecule has 0 saturated heterocycles. The summed E-state index contributed by atoms with van der Waals surface area (Å²) in [6.07, 6.45) is 0.199. The number of nitrogens with zero attached hydrogens (tertiary/aromatic N) is 1. The van der Waals surface area contributed by atoms with Gasteiger partial charge in [-0.2, -0.15) is 0 Å². The van der Waals surface area contributed by atoms with Crippen molar-refractivity contribution in [3.05, 3.63) is 23.5 Å². The topological polar surface area (TPSA) is 86.5 Å². The molecule has 0 spiro atoms. The molecule has 3 N–H and O–H groups in total. The molecule has 1 aromatic heterocycles. The van der Waals surface area contributed by atoms with Crippen LogP contribution < -0.4 is 15.8 Å². The summed E-state index contributed by atoms with van der Waals surface area (Å²) in [5.41, 5.74) is 6.81. The summed E-state index contributed by atoms with van der Waals surface area (Å²) in [5, 5.41) is 3.21. The third-order valence-electron chi connectivity index (χ3n) is 2.45. The van der Waals surface area contributed by atoms with Crippen LogP contribution in [-0.2, 0) is 16.1 Å². The monoisotopic (exact) mass is 267 g/mol. The second kappa shape index (κ2) is 8.44. The number of hydrogen-bond donors (Lipinski definition) is 2. The minimum absolute atomic E-state index is 0.199. The van der Waals surface area contributed by atoms with Gasteiger partial charge in [0.05, 0.1) is 25.3 Å². The lowest BCUT2D eigenvalue weighted by Crippen LogP contribution is -2.20. The molecule has 0 fully saturated rings. The number of ether oxygens (including phenoxy) is 2. The van der Waals surface area contributed by atoms with Crippen LogP contribution in [0.1, 0.15) is 17.8 Å². The smallest absolute Gasteiger partial charge is 0.220 e. The molecule has 6 heteroatoms. The molecule has 0 aliphatic rings. The van der Waals surface area contributed by atoms with Gasteiger partial charge in [-0.3, -0.25) is 9.78 Å². The number of nitrogens with two attached hydrogens (primary N) is 1. The lowest BCUT2D eigenvalue weighted by Gasteiger charge is -2.11. The predicted octanol–water partition coefficient (Wildman–Crippen LogP) is 0.380. The highest BCUT2D eigenvalue weighted by Gasteiger charge is 2.06. The number of carbonyl (C=O) groups is 1. The number of amides is 1. The molecule has 1 heterocycles. The molecule has 0 saturated carbocycles. The molecular weight excluding hydrogens is 246 g/mol. The first-order valence-electron chi connectivity index (χ1n) is 6.20. The number of hydrogen-bond acceptors (Lipinski definition) is 5. The fraction of sp³-hybridized carbons (Fsp3) is 0.538. The van der Waals surface area contributed by atoms with Crippen LogP contribution in [0.5, 0.6) is 5.75 Å². The fourth-order valence-corrected chi connectivity index (χ4v) is 1.50. The fourth-order valence-electron chi connectivity index (χ4n) is 1.50. The van der Waals surface area contributed by atoms with Crippen LogP contribution in [0.25, 0.3) is 0 Å². The van der Waals surface area contributed by atoms with E-state index in [0.29, 0.717) is 18.9 Å². The van der Waals surface area contributed by atoms with Gasteiger partial charge in [-0.15, -0.1) is 0 Å². The largest absolute Gasteiger partial charge is 0.491 e. The summed E-state index contributed by atoms with van der Waals surface area (Å²) in [5.74, 6) is 0.302. The van der Waals surface area contributed by atoms with Gasteiger partial charge in [0.2, 0.25) is 5.91 Å². The SMILES string of the molecule is COCCNCc1nc(C)ccc1OCCC(N)=O. The molecule has 1 rings (SSSR count). The number of nitrogens with one attached hydrogen (secondary N) is 1. The molecule has 0 unspecified atom stereocenters. The molecule has 0 bridgehead atoms. The summed E-state index contributed by atoms with van der Waals surface area (Å²) >= 11 is 0. The summed E-state index contributed by atoms with van der Waals surface area (Å²) < 4.78 is 10.5. The molecule has 106 valence electrons. The van der Waals surface area contributed by atoms with E-state index in [-0.39, 0.29) is 18.9 Å². The average molecular weight is 267 g/mol. The van der Waals surface area contributed by atoms with Gasteiger partial charge in [-0.1, -0.05) is 0 Å². The highest BCUT2D eigenvalue weighted by Crippen LogP contribution is 2.17. The van der Waals surface area contributed by atoms with E-state index < -0.39 is 0 Å². The Bertz CT molecular complexity index is 410. The zero-order valence-electron chi connectivity index (χ0n) is 11.4. The molecule has 1 aromatic rings. The Kier molecular flexibility index (Phi) is 6.84. The van der Waals surface area contributed by atoms with E-state index in [0.717, 1.165) is 17.9 Å². The van der Waals surface area contributed by atoms with Crippen LogP contribution >= 0.6 is 0 Å². The van der Waals surface area contributed by atoms with E-state index in [2.05, 4.69) is 10.3 Å². The lowest BCUT2D eigenvalue weighted by molar-refractivity contribution is -0.118. The van der Waals surface area contributed by atoms with E-state index in [1.165, 1.54) is 0 Å². The van der Waals surface area contributed by atoms with Crippen LogP contribution in [0.3, 0.4) is 0 Å². The standard InChI is InChI=1S/C13H21N3O3/c1-10-3-4-12(19-7-5-13(14)17)11(16-10)9-15-6-8-18-2/h3-4,15H,5-9H2,1-2H3,(H2,14,17). The van der Waals surface area contributed by atoms with Crippen molar-refractivity contribution in [2.45, 2.75) is 19.9 Å². The molecule has 0 atom stereocenters. The maximum absolute atomic E-state index is 10.7. The first kappa shape index (κ1) is 15.4. The van der Waals surface area contributed by atoms with Crippen LogP contribution in [-0.4, -0.2) is 37.8 Å². The number of methoxy groups -OCH3 is 1. The number of rotatable bonds is 9. The van der Waals surface area contributed by atoms with Gasteiger partial charge >= 0.3 is 0 Å². The first-order valence-corrected chi connectivity index (χ1v) is 6.20. The van der Waals surface area contributed by atoms with E-state index in [1.54, 1.807) is 7.11 Å². The van der Waals surface area contributed by atoms with Crippen LogP contribution in [0.4, 0.5) is 0 Å². The lowest BCUT2D eigenvalue weighted by atomic mass is 10.2. The zero-order chi connectivity index (χ0) is 14.1. The first-order chi connectivity index (χ1) is 9.13. The molecule has 0 radical (unpaired) electrons. The highest BCUT2D eigenvalue weighted by molar-refractivity contribution is 5.73. The predicted molar refractivity (Wildman–Crippen MR) is 71.9 cm³/mol. The van der Waals surface area contributed by atoms with Gasteiger partial charge in [0, 0.05) is 25.9 Å². The minimum Gasteiger partial charge on any atom is -0.491 e. The highest BCUT2D eigenvalue weighted by atomic mass is 16.5. The molecule has 6 nitrogen and oxygen atoms in total. The van der Waals surface area contributed by atoms with E-state index in [9.17, 15) is 4.79 Å². The Morgan fingerprint density at radius 3 is 2.89 bits per heavy atom. The second-order valence-corrected chi connectivity index (χ2v) is 4.13. The zero-order valence-corrected chi connectivity index (χ0v) is 11.4. The Labute approximate surface area is 113 Å². The number of primary amides is 1.